The minimum absolute atomic E-state index is 0.0127. The van der Waals surface area contributed by atoms with Gasteiger partial charge in [0.15, 0.2) is 0 Å². The van der Waals surface area contributed by atoms with Gasteiger partial charge >= 0.3 is 5.97 Å². The number of ether oxygens (including phenoxy) is 2. The SMILES string of the molecule is COC(=O)CCCNC(=O)C1CCCN(c2nc(C)c3ccc(OC)cc3n2)C1. The van der Waals surface area contributed by atoms with Crippen LogP contribution in [0.2, 0.25) is 0 Å². The molecule has 1 saturated heterocycles. The topological polar surface area (TPSA) is 93.7 Å². The molecule has 0 bridgehead atoms. The molecule has 156 valence electrons. The molecule has 1 aromatic carbocycles. The van der Waals surface area contributed by atoms with Crippen molar-refractivity contribution in [3.63, 3.8) is 0 Å². The van der Waals surface area contributed by atoms with Gasteiger partial charge in [0.1, 0.15) is 5.75 Å². The van der Waals surface area contributed by atoms with Gasteiger partial charge in [0.2, 0.25) is 11.9 Å². The lowest BCUT2D eigenvalue weighted by Crippen LogP contribution is -2.44. The fourth-order valence-electron chi connectivity index (χ4n) is 3.58. The normalized spacial score (nSPS) is 16.5. The number of carbonyl (C=O) groups is 2. The molecule has 8 nitrogen and oxygen atoms in total. The standard InChI is InChI=1S/C21H28N4O4/c1-14-17-9-8-16(28-2)12-18(17)24-21(23-14)25-11-5-6-15(13-25)20(27)22-10-4-7-19(26)29-3/h8-9,12,15H,4-7,10-11,13H2,1-3H3,(H,22,27). The number of nitrogens with zero attached hydrogens (tertiary/aromatic N) is 3. The molecule has 1 atom stereocenters. The van der Waals surface area contributed by atoms with Gasteiger partial charge in [-0.3, -0.25) is 9.59 Å². The third kappa shape index (κ3) is 5.13. The van der Waals surface area contributed by atoms with E-state index in [1.165, 1.54) is 7.11 Å². The number of fused-ring (bicyclic) bond motifs is 1. The van der Waals surface area contributed by atoms with E-state index >= 15 is 0 Å². The van der Waals surface area contributed by atoms with Crippen LogP contribution in [-0.2, 0) is 14.3 Å². The van der Waals surface area contributed by atoms with Crippen LogP contribution in [0, 0.1) is 12.8 Å². The molecule has 1 fully saturated rings. The molecule has 8 heteroatoms. The van der Waals surface area contributed by atoms with E-state index in [1.807, 2.05) is 25.1 Å². The molecule has 1 aromatic heterocycles. The van der Waals surface area contributed by atoms with Crippen molar-refractivity contribution < 1.29 is 19.1 Å². The van der Waals surface area contributed by atoms with E-state index in [0.29, 0.717) is 31.9 Å². The number of aryl methyl sites for hydroxylation is 1. The second kappa shape index (κ2) is 9.54. The molecule has 1 aliphatic heterocycles. The monoisotopic (exact) mass is 400 g/mol. The van der Waals surface area contributed by atoms with Crippen molar-refractivity contribution in [3.8, 4) is 5.75 Å². The summed E-state index contributed by atoms with van der Waals surface area (Å²) < 4.78 is 9.92. The summed E-state index contributed by atoms with van der Waals surface area (Å²) in [6.45, 7) is 3.84. The maximum atomic E-state index is 12.5. The van der Waals surface area contributed by atoms with Crippen LogP contribution in [-0.4, -0.2) is 55.7 Å². The fraction of sp³-hybridized carbons (Fsp3) is 0.524. The number of anilines is 1. The third-order valence-corrected chi connectivity index (χ3v) is 5.24. The van der Waals surface area contributed by atoms with Gasteiger partial charge in [-0.2, -0.15) is 0 Å². The van der Waals surface area contributed by atoms with Gasteiger partial charge in [-0.15, -0.1) is 0 Å². The van der Waals surface area contributed by atoms with E-state index in [0.717, 1.165) is 41.7 Å². The lowest BCUT2D eigenvalue weighted by molar-refractivity contribution is -0.140. The molecule has 0 spiro atoms. The second-order valence-corrected chi connectivity index (χ2v) is 7.25. The van der Waals surface area contributed by atoms with Crippen molar-refractivity contribution in [2.75, 3.05) is 38.8 Å². The first-order valence-corrected chi connectivity index (χ1v) is 9.93. The van der Waals surface area contributed by atoms with Crippen molar-refractivity contribution in [2.45, 2.75) is 32.6 Å². The summed E-state index contributed by atoms with van der Waals surface area (Å²) in [6.07, 6.45) is 2.61. The molecule has 1 amide bonds. The molecular formula is C21H28N4O4. The Morgan fingerprint density at radius 1 is 1.28 bits per heavy atom. The lowest BCUT2D eigenvalue weighted by Gasteiger charge is -2.32. The summed E-state index contributed by atoms with van der Waals surface area (Å²) in [5, 5.41) is 3.92. The van der Waals surface area contributed by atoms with Crippen molar-refractivity contribution in [2.24, 2.45) is 5.92 Å². The van der Waals surface area contributed by atoms with Gasteiger partial charge < -0.3 is 19.7 Å². The number of aromatic nitrogens is 2. The van der Waals surface area contributed by atoms with E-state index in [9.17, 15) is 9.59 Å². The first kappa shape index (κ1) is 20.8. The number of nitrogens with one attached hydrogen (secondary N) is 1. The molecule has 1 N–H and O–H groups in total. The number of piperidine rings is 1. The van der Waals surface area contributed by atoms with Crippen LogP contribution >= 0.6 is 0 Å². The smallest absolute Gasteiger partial charge is 0.305 e. The first-order chi connectivity index (χ1) is 14.0. The van der Waals surface area contributed by atoms with Gasteiger partial charge in [-0.1, -0.05) is 0 Å². The number of amides is 1. The molecule has 3 rings (SSSR count). The minimum Gasteiger partial charge on any atom is -0.497 e. The summed E-state index contributed by atoms with van der Waals surface area (Å²) in [6, 6.07) is 5.77. The van der Waals surface area contributed by atoms with E-state index in [1.54, 1.807) is 7.11 Å². The van der Waals surface area contributed by atoms with E-state index in [-0.39, 0.29) is 17.8 Å². The second-order valence-electron chi connectivity index (χ2n) is 7.25. The molecule has 29 heavy (non-hydrogen) atoms. The average Bonchev–Trinajstić information content (AvgIpc) is 2.75. The Balaban J connectivity index is 1.65. The zero-order valence-corrected chi connectivity index (χ0v) is 17.2. The predicted octanol–water partition coefficient (Wildman–Crippen LogP) is 2.23. The lowest BCUT2D eigenvalue weighted by atomic mass is 9.97. The van der Waals surface area contributed by atoms with Gasteiger partial charge in [-0.25, -0.2) is 9.97 Å². The first-order valence-electron chi connectivity index (χ1n) is 9.93. The summed E-state index contributed by atoms with van der Waals surface area (Å²) in [7, 11) is 3.00. The Morgan fingerprint density at radius 2 is 2.10 bits per heavy atom. The van der Waals surface area contributed by atoms with Crippen molar-refractivity contribution in [1.29, 1.82) is 0 Å². The Labute approximate surface area is 170 Å². The highest BCUT2D eigenvalue weighted by Gasteiger charge is 2.27. The zero-order valence-electron chi connectivity index (χ0n) is 17.2. The van der Waals surface area contributed by atoms with Crippen LogP contribution in [0.1, 0.15) is 31.4 Å². The fourth-order valence-corrected chi connectivity index (χ4v) is 3.58. The highest BCUT2D eigenvalue weighted by atomic mass is 16.5. The summed E-state index contributed by atoms with van der Waals surface area (Å²) in [5.41, 5.74) is 1.74. The molecule has 2 heterocycles. The molecular weight excluding hydrogens is 372 g/mol. The number of methoxy groups -OCH3 is 2. The maximum Gasteiger partial charge on any atom is 0.305 e. The highest BCUT2D eigenvalue weighted by molar-refractivity contribution is 5.83. The van der Waals surface area contributed by atoms with Gasteiger partial charge in [-0.05, 0) is 38.3 Å². The quantitative estimate of drug-likeness (QED) is 0.563. The number of esters is 1. The maximum absolute atomic E-state index is 12.5. The van der Waals surface area contributed by atoms with Crippen LogP contribution in [0.3, 0.4) is 0 Å². The van der Waals surface area contributed by atoms with Crippen LogP contribution in [0.4, 0.5) is 5.95 Å². The summed E-state index contributed by atoms with van der Waals surface area (Å²) in [5.74, 6) is 1.03. The number of rotatable bonds is 7. The Bertz CT molecular complexity index is 886. The van der Waals surface area contributed by atoms with Crippen LogP contribution < -0.4 is 15.0 Å². The summed E-state index contributed by atoms with van der Waals surface area (Å²) in [4.78, 5) is 35.2. The van der Waals surface area contributed by atoms with Gasteiger partial charge in [0.05, 0.1) is 31.3 Å². The van der Waals surface area contributed by atoms with Crippen molar-refractivity contribution >= 4 is 28.7 Å². The summed E-state index contributed by atoms with van der Waals surface area (Å²) >= 11 is 0. The Morgan fingerprint density at radius 3 is 2.86 bits per heavy atom. The van der Waals surface area contributed by atoms with E-state index < -0.39 is 0 Å². The van der Waals surface area contributed by atoms with Gasteiger partial charge in [0, 0.05) is 37.5 Å². The molecule has 0 aliphatic carbocycles. The average molecular weight is 400 g/mol. The molecule has 0 saturated carbocycles. The third-order valence-electron chi connectivity index (χ3n) is 5.24. The largest absolute Gasteiger partial charge is 0.497 e. The number of hydrogen-bond donors (Lipinski definition) is 1. The molecule has 2 aromatic rings. The molecule has 1 unspecified atom stereocenters. The number of carbonyl (C=O) groups excluding carboxylic acids is 2. The van der Waals surface area contributed by atoms with Crippen LogP contribution in [0.5, 0.6) is 5.75 Å². The van der Waals surface area contributed by atoms with Crippen molar-refractivity contribution in [1.82, 2.24) is 15.3 Å². The number of hydrogen-bond acceptors (Lipinski definition) is 7. The molecule has 0 radical (unpaired) electrons. The van der Waals surface area contributed by atoms with Gasteiger partial charge in [0.25, 0.3) is 0 Å². The Hall–Kier alpha value is -2.90. The predicted molar refractivity (Wildman–Crippen MR) is 110 cm³/mol. The highest BCUT2D eigenvalue weighted by Crippen LogP contribution is 2.26. The van der Waals surface area contributed by atoms with E-state index in [2.05, 4.69) is 19.9 Å². The Kier molecular flexibility index (Phi) is 6.85. The number of benzene rings is 1. The van der Waals surface area contributed by atoms with Crippen LogP contribution in [0.25, 0.3) is 10.9 Å². The molecule has 1 aliphatic rings. The van der Waals surface area contributed by atoms with Crippen molar-refractivity contribution in [3.05, 3.63) is 23.9 Å². The van der Waals surface area contributed by atoms with Crippen LogP contribution in [0.15, 0.2) is 18.2 Å². The minimum atomic E-state index is -0.261. The zero-order chi connectivity index (χ0) is 20.8. The van der Waals surface area contributed by atoms with E-state index in [4.69, 9.17) is 9.72 Å².